The van der Waals surface area contributed by atoms with Crippen molar-refractivity contribution in [2.75, 3.05) is 27.4 Å². The van der Waals surface area contributed by atoms with E-state index >= 15 is 0 Å². The second-order valence-electron chi connectivity index (χ2n) is 6.38. The van der Waals surface area contributed by atoms with Gasteiger partial charge in [-0.05, 0) is 42.0 Å². The van der Waals surface area contributed by atoms with Crippen LogP contribution < -0.4 is 9.47 Å². The standard InChI is InChI=1S/C21H21NO7/c1-28-14-6-3-12(4-7-14)19(25)17-18(22(9-10-23)21(27)20(17)26)13-5-8-15(24)16(11-13)29-2/h3-8,11,18,23-25H,9-10H2,1-2H3/b19-17+/t18-/m1/s1. The van der Waals surface area contributed by atoms with Crippen LogP contribution in [0.15, 0.2) is 48.0 Å². The van der Waals surface area contributed by atoms with E-state index < -0.39 is 17.7 Å². The molecule has 1 saturated heterocycles. The zero-order valence-electron chi connectivity index (χ0n) is 16.0. The average Bonchev–Trinajstić information content (AvgIpc) is 2.99. The molecule has 8 nitrogen and oxygen atoms in total. The van der Waals surface area contributed by atoms with Crippen LogP contribution in [0.2, 0.25) is 0 Å². The summed E-state index contributed by atoms with van der Waals surface area (Å²) in [7, 11) is 2.88. The highest BCUT2D eigenvalue weighted by molar-refractivity contribution is 6.46. The molecule has 1 atom stereocenters. The number of nitrogens with zero attached hydrogens (tertiary/aromatic N) is 1. The minimum atomic E-state index is -0.946. The van der Waals surface area contributed by atoms with Crippen LogP contribution in [0, 0.1) is 0 Å². The van der Waals surface area contributed by atoms with Crippen molar-refractivity contribution in [3.05, 3.63) is 59.2 Å². The number of ether oxygens (including phenoxy) is 2. The molecule has 2 aromatic carbocycles. The van der Waals surface area contributed by atoms with Crippen molar-refractivity contribution >= 4 is 17.4 Å². The maximum absolute atomic E-state index is 12.7. The van der Waals surface area contributed by atoms with Crippen molar-refractivity contribution in [2.45, 2.75) is 6.04 Å². The van der Waals surface area contributed by atoms with Crippen molar-refractivity contribution in [3.8, 4) is 17.2 Å². The first-order valence-corrected chi connectivity index (χ1v) is 8.83. The Balaban J connectivity index is 2.18. The largest absolute Gasteiger partial charge is 0.507 e. The van der Waals surface area contributed by atoms with Crippen LogP contribution >= 0.6 is 0 Å². The van der Waals surface area contributed by atoms with E-state index in [1.165, 1.54) is 37.3 Å². The van der Waals surface area contributed by atoms with Crippen LogP contribution in [0.4, 0.5) is 0 Å². The van der Waals surface area contributed by atoms with Gasteiger partial charge >= 0.3 is 0 Å². The first-order valence-electron chi connectivity index (χ1n) is 8.83. The van der Waals surface area contributed by atoms with Gasteiger partial charge in [-0.25, -0.2) is 0 Å². The molecule has 0 unspecified atom stereocenters. The summed E-state index contributed by atoms with van der Waals surface area (Å²) in [6.07, 6.45) is 0. The van der Waals surface area contributed by atoms with Gasteiger partial charge in [0.15, 0.2) is 11.5 Å². The number of carbonyl (C=O) groups is 2. The number of Topliss-reactive ketones (excluding diaryl/α,β-unsaturated/α-hetero) is 1. The Morgan fingerprint density at radius 2 is 1.76 bits per heavy atom. The molecule has 2 aromatic rings. The summed E-state index contributed by atoms with van der Waals surface area (Å²) in [5, 5.41) is 30.1. The van der Waals surface area contributed by atoms with Gasteiger partial charge in [-0.3, -0.25) is 9.59 Å². The van der Waals surface area contributed by atoms with E-state index in [1.54, 1.807) is 24.3 Å². The maximum Gasteiger partial charge on any atom is 0.295 e. The SMILES string of the molecule is COc1ccc(/C(O)=C2\C(=O)C(=O)N(CCO)[C@@H]2c2ccc(O)c(OC)c2)cc1. The van der Waals surface area contributed by atoms with Gasteiger partial charge in [0, 0.05) is 12.1 Å². The van der Waals surface area contributed by atoms with Crippen molar-refractivity contribution < 1.29 is 34.4 Å². The number of likely N-dealkylation sites (tertiary alicyclic amines) is 1. The molecule has 1 amide bonds. The number of ketones is 1. The molecule has 8 heteroatoms. The number of aliphatic hydroxyl groups excluding tert-OH is 2. The fraction of sp³-hybridized carbons (Fsp3) is 0.238. The van der Waals surface area contributed by atoms with E-state index in [-0.39, 0.29) is 36.0 Å². The van der Waals surface area contributed by atoms with Crippen LogP contribution in [-0.2, 0) is 9.59 Å². The van der Waals surface area contributed by atoms with Crippen molar-refractivity contribution in [1.29, 1.82) is 0 Å². The van der Waals surface area contributed by atoms with E-state index in [1.807, 2.05) is 0 Å². The summed E-state index contributed by atoms with van der Waals surface area (Å²) in [4.78, 5) is 26.5. The topological polar surface area (TPSA) is 117 Å². The second-order valence-corrected chi connectivity index (χ2v) is 6.38. The molecule has 3 N–H and O–H groups in total. The number of hydrogen-bond acceptors (Lipinski definition) is 7. The number of phenols is 1. The number of aromatic hydroxyl groups is 1. The summed E-state index contributed by atoms with van der Waals surface area (Å²) < 4.78 is 10.2. The highest BCUT2D eigenvalue weighted by Crippen LogP contribution is 2.41. The van der Waals surface area contributed by atoms with Gasteiger partial charge in [0.25, 0.3) is 11.7 Å². The number of benzene rings is 2. The molecule has 0 aliphatic carbocycles. The lowest BCUT2D eigenvalue weighted by molar-refractivity contribution is -0.140. The molecule has 29 heavy (non-hydrogen) atoms. The Labute approximate surface area is 167 Å². The van der Waals surface area contributed by atoms with Gasteiger partial charge in [-0.1, -0.05) is 6.07 Å². The lowest BCUT2D eigenvalue weighted by Gasteiger charge is -2.25. The summed E-state index contributed by atoms with van der Waals surface area (Å²) in [5.41, 5.74) is 0.673. The number of rotatable bonds is 6. The normalized spacial score (nSPS) is 18.2. The third kappa shape index (κ3) is 3.62. The van der Waals surface area contributed by atoms with Gasteiger partial charge in [-0.15, -0.1) is 0 Å². The summed E-state index contributed by atoms with van der Waals surface area (Å²) in [6.45, 7) is -0.459. The smallest absolute Gasteiger partial charge is 0.295 e. The monoisotopic (exact) mass is 399 g/mol. The minimum absolute atomic E-state index is 0.0994. The Kier molecular flexibility index (Phi) is 5.74. The van der Waals surface area contributed by atoms with Gasteiger partial charge in [0.1, 0.15) is 11.5 Å². The first-order chi connectivity index (χ1) is 13.9. The molecular formula is C21H21NO7. The number of amides is 1. The van der Waals surface area contributed by atoms with Gasteiger partial charge in [0.2, 0.25) is 0 Å². The number of carbonyl (C=O) groups excluding carboxylic acids is 2. The summed E-state index contributed by atoms with van der Waals surface area (Å²) >= 11 is 0. The van der Waals surface area contributed by atoms with Gasteiger partial charge in [0.05, 0.1) is 32.4 Å². The molecule has 0 spiro atoms. The van der Waals surface area contributed by atoms with E-state index in [9.17, 15) is 24.9 Å². The Hall–Kier alpha value is -3.52. The Bertz CT molecular complexity index is 965. The number of phenolic OH excluding ortho intramolecular Hbond substituents is 1. The van der Waals surface area contributed by atoms with Crippen LogP contribution in [-0.4, -0.2) is 59.3 Å². The molecule has 1 aliphatic rings. The number of β-amino-alcohol motifs (C(OH)–C–C–N with tert-alkyl or cyclic N) is 1. The molecule has 3 rings (SSSR count). The molecule has 0 saturated carbocycles. The van der Waals surface area contributed by atoms with E-state index in [2.05, 4.69) is 0 Å². The fourth-order valence-electron chi connectivity index (χ4n) is 3.33. The number of methoxy groups -OCH3 is 2. The van der Waals surface area contributed by atoms with Crippen LogP contribution in [0.1, 0.15) is 17.2 Å². The lowest BCUT2D eigenvalue weighted by Crippen LogP contribution is -2.32. The van der Waals surface area contributed by atoms with Crippen molar-refractivity contribution in [1.82, 2.24) is 4.90 Å². The summed E-state index contributed by atoms with van der Waals surface area (Å²) in [6, 6.07) is 9.83. The van der Waals surface area contributed by atoms with E-state index in [0.29, 0.717) is 16.9 Å². The minimum Gasteiger partial charge on any atom is -0.507 e. The fourth-order valence-corrected chi connectivity index (χ4v) is 3.33. The van der Waals surface area contributed by atoms with Crippen LogP contribution in [0.5, 0.6) is 17.2 Å². The highest BCUT2D eigenvalue weighted by Gasteiger charge is 2.46. The van der Waals surface area contributed by atoms with Gasteiger partial charge < -0.3 is 29.7 Å². The third-order valence-electron chi connectivity index (χ3n) is 4.76. The predicted octanol–water partition coefficient (Wildman–Crippen LogP) is 1.82. The molecule has 1 aliphatic heterocycles. The van der Waals surface area contributed by atoms with E-state index in [4.69, 9.17) is 9.47 Å². The summed E-state index contributed by atoms with van der Waals surface area (Å²) in [5.74, 6) is -1.41. The molecule has 1 fully saturated rings. The molecule has 1 heterocycles. The lowest BCUT2D eigenvalue weighted by atomic mass is 9.95. The van der Waals surface area contributed by atoms with Crippen LogP contribution in [0.3, 0.4) is 0 Å². The molecule has 0 radical (unpaired) electrons. The predicted molar refractivity (Wildman–Crippen MR) is 104 cm³/mol. The van der Waals surface area contributed by atoms with Crippen LogP contribution in [0.25, 0.3) is 5.76 Å². The zero-order valence-corrected chi connectivity index (χ0v) is 16.0. The van der Waals surface area contributed by atoms with Crippen molar-refractivity contribution in [2.24, 2.45) is 0 Å². The Morgan fingerprint density at radius 3 is 2.34 bits per heavy atom. The number of hydrogen-bond donors (Lipinski definition) is 3. The molecular weight excluding hydrogens is 378 g/mol. The first kappa shape index (κ1) is 20.2. The van der Waals surface area contributed by atoms with E-state index in [0.717, 1.165) is 0 Å². The Morgan fingerprint density at radius 1 is 1.07 bits per heavy atom. The second kappa shape index (κ2) is 8.24. The molecule has 0 bridgehead atoms. The van der Waals surface area contributed by atoms with Crippen molar-refractivity contribution in [3.63, 3.8) is 0 Å². The molecule has 152 valence electrons. The van der Waals surface area contributed by atoms with Gasteiger partial charge in [-0.2, -0.15) is 0 Å². The number of aliphatic hydroxyl groups is 2. The zero-order chi connectivity index (χ0) is 21.1. The molecule has 0 aromatic heterocycles. The maximum atomic E-state index is 12.7. The average molecular weight is 399 g/mol. The third-order valence-corrected chi connectivity index (χ3v) is 4.76. The quantitative estimate of drug-likeness (QED) is 0.385. The highest BCUT2D eigenvalue weighted by atomic mass is 16.5.